The van der Waals surface area contributed by atoms with Crippen LogP contribution < -0.4 is 14.8 Å². The maximum absolute atomic E-state index is 12.8. The molecule has 7 heteroatoms. The SMILES string of the molecule is CNC(=O)C(C)N(Cc1ccc(Br)cc1)C(=O)COc1ccc(OC)cc1. The van der Waals surface area contributed by atoms with Gasteiger partial charge < -0.3 is 19.7 Å². The molecule has 2 aromatic rings. The molecule has 0 heterocycles. The third kappa shape index (κ3) is 5.99. The van der Waals surface area contributed by atoms with Gasteiger partial charge >= 0.3 is 0 Å². The molecule has 0 aromatic heterocycles. The number of methoxy groups -OCH3 is 1. The highest BCUT2D eigenvalue weighted by Crippen LogP contribution is 2.18. The smallest absolute Gasteiger partial charge is 0.261 e. The van der Waals surface area contributed by atoms with E-state index in [2.05, 4.69) is 21.2 Å². The first kappa shape index (κ1) is 20.8. The van der Waals surface area contributed by atoms with Crippen LogP contribution in [0.3, 0.4) is 0 Å². The topological polar surface area (TPSA) is 67.9 Å². The molecular formula is C20H23BrN2O4. The van der Waals surface area contributed by atoms with Crippen molar-refractivity contribution in [2.75, 3.05) is 20.8 Å². The molecule has 144 valence electrons. The summed E-state index contributed by atoms with van der Waals surface area (Å²) >= 11 is 3.39. The molecule has 1 unspecified atom stereocenters. The predicted molar refractivity (Wildman–Crippen MR) is 107 cm³/mol. The first-order chi connectivity index (χ1) is 12.9. The van der Waals surface area contributed by atoms with Crippen LogP contribution in [0.25, 0.3) is 0 Å². The highest BCUT2D eigenvalue weighted by atomic mass is 79.9. The molecule has 0 aliphatic carbocycles. The number of hydrogen-bond donors (Lipinski definition) is 1. The number of ether oxygens (including phenoxy) is 2. The number of hydrogen-bond acceptors (Lipinski definition) is 4. The third-order valence-electron chi connectivity index (χ3n) is 4.10. The molecule has 0 bridgehead atoms. The second-order valence-corrected chi connectivity index (χ2v) is 6.82. The van der Waals surface area contributed by atoms with Gasteiger partial charge in [0, 0.05) is 18.1 Å². The molecule has 2 aromatic carbocycles. The van der Waals surface area contributed by atoms with Crippen molar-refractivity contribution in [2.24, 2.45) is 0 Å². The van der Waals surface area contributed by atoms with Gasteiger partial charge in [0.25, 0.3) is 5.91 Å². The third-order valence-corrected chi connectivity index (χ3v) is 4.63. The number of carbonyl (C=O) groups excluding carboxylic acids is 2. The van der Waals surface area contributed by atoms with Crippen LogP contribution >= 0.6 is 15.9 Å². The van der Waals surface area contributed by atoms with Crippen molar-refractivity contribution >= 4 is 27.7 Å². The molecule has 0 spiro atoms. The maximum atomic E-state index is 12.8. The zero-order valence-electron chi connectivity index (χ0n) is 15.6. The lowest BCUT2D eigenvalue weighted by Gasteiger charge is -2.28. The Bertz CT molecular complexity index is 763. The molecule has 2 rings (SSSR count). The van der Waals surface area contributed by atoms with Gasteiger partial charge in [0.2, 0.25) is 5.91 Å². The van der Waals surface area contributed by atoms with Crippen LogP contribution in [0.2, 0.25) is 0 Å². The lowest BCUT2D eigenvalue weighted by atomic mass is 10.1. The lowest BCUT2D eigenvalue weighted by molar-refractivity contribution is -0.142. The Labute approximate surface area is 167 Å². The average Bonchev–Trinajstić information content (AvgIpc) is 2.70. The fourth-order valence-corrected chi connectivity index (χ4v) is 2.74. The van der Waals surface area contributed by atoms with Crippen molar-refractivity contribution in [1.82, 2.24) is 10.2 Å². The molecule has 0 radical (unpaired) electrons. The monoisotopic (exact) mass is 434 g/mol. The second-order valence-electron chi connectivity index (χ2n) is 5.90. The van der Waals surface area contributed by atoms with E-state index in [1.807, 2.05) is 24.3 Å². The second kappa shape index (κ2) is 9.97. The average molecular weight is 435 g/mol. The molecule has 0 saturated heterocycles. The van der Waals surface area contributed by atoms with E-state index in [1.54, 1.807) is 45.3 Å². The summed E-state index contributed by atoms with van der Waals surface area (Å²) in [6, 6.07) is 14.0. The fraction of sp³-hybridized carbons (Fsp3) is 0.300. The van der Waals surface area contributed by atoms with Crippen molar-refractivity contribution < 1.29 is 19.1 Å². The van der Waals surface area contributed by atoms with Crippen molar-refractivity contribution in [3.8, 4) is 11.5 Å². The fourth-order valence-electron chi connectivity index (χ4n) is 2.48. The Balaban J connectivity index is 2.09. The van der Waals surface area contributed by atoms with E-state index >= 15 is 0 Å². The standard InChI is InChI=1S/C20H23BrN2O4/c1-14(20(25)22-2)23(12-15-4-6-16(21)7-5-15)19(24)13-27-18-10-8-17(26-3)9-11-18/h4-11,14H,12-13H2,1-3H3,(H,22,25). The van der Waals surface area contributed by atoms with Crippen molar-refractivity contribution in [2.45, 2.75) is 19.5 Å². The van der Waals surface area contributed by atoms with E-state index in [-0.39, 0.29) is 18.4 Å². The molecule has 0 aliphatic rings. The molecule has 0 aliphatic heterocycles. The number of benzene rings is 2. The molecule has 6 nitrogen and oxygen atoms in total. The van der Waals surface area contributed by atoms with E-state index in [9.17, 15) is 9.59 Å². The van der Waals surface area contributed by atoms with E-state index in [4.69, 9.17) is 9.47 Å². The molecule has 0 saturated carbocycles. The van der Waals surface area contributed by atoms with Crippen LogP contribution in [0.15, 0.2) is 53.0 Å². The van der Waals surface area contributed by atoms with E-state index < -0.39 is 6.04 Å². The highest BCUT2D eigenvalue weighted by Gasteiger charge is 2.25. The quantitative estimate of drug-likeness (QED) is 0.693. The van der Waals surface area contributed by atoms with Gasteiger partial charge in [-0.3, -0.25) is 9.59 Å². The highest BCUT2D eigenvalue weighted by molar-refractivity contribution is 9.10. The Morgan fingerprint density at radius 1 is 1.07 bits per heavy atom. The number of amides is 2. The number of carbonyl (C=O) groups is 2. The Morgan fingerprint density at radius 3 is 2.22 bits per heavy atom. The minimum Gasteiger partial charge on any atom is -0.497 e. The van der Waals surface area contributed by atoms with E-state index in [0.717, 1.165) is 10.0 Å². The van der Waals surface area contributed by atoms with Crippen LogP contribution in [-0.2, 0) is 16.1 Å². The normalized spacial score (nSPS) is 11.4. The van der Waals surface area contributed by atoms with Gasteiger partial charge in [-0.25, -0.2) is 0 Å². The molecule has 27 heavy (non-hydrogen) atoms. The minimum atomic E-state index is -0.620. The maximum Gasteiger partial charge on any atom is 0.261 e. The summed E-state index contributed by atoms with van der Waals surface area (Å²) in [4.78, 5) is 26.3. The number of rotatable bonds is 8. The summed E-state index contributed by atoms with van der Waals surface area (Å²) in [6.07, 6.45) is 0. The predicted octanol–water partition coefficient (Wildman–Crippen LogP) is 3.00. The van der Waals surface area contributed by atoms with E-state index in [0.29, 0.717) is 18.0 Å². The molecular weight excluding hydrogens is 412 g/mol. The van der Waals surface area contributed by atoms with Gasteiger partial charge in [-0.05, 0) is 48.9 Å². The number of nitrogens with zero attached hydrogens (tertiary/aromatic N) is 1. The zero-order chi connectivity index (χ0) is 19.8. The number of likely N-dealkylation sites (N-methyl/N-ethyl adjacent to an activating group) is 1. The summed E-state index contributed by atoms with van der Waals surface area (Å²) in [5.41, 5.74) is 0.923. The summed E-state index contributed by atoms with van der Waals surface area (Å²) in [6.45, 7) is 1.85. The largest absolute Gasteiger partial charge is 0.497 e. The lowest BCUT2D eigenvalue weighted by Crippen LogP contribution is -2.48. The van der Waals surface area contributed by atoms with Gasteiger partial charge in [0.15, 0.2) is 6.61 Å². The molecule has 1 atom stereocenters. The van der Waals surface area contributed by atoms with E-state index in [1.165, 1.54) is 4.90 Å². The van der Waals surface area contributed by atoms with Gasteiger partial charge in [0.1, 0.15) is 17.5 Å². The van der Waals surface area contributed by atoms with Crippen LogP contribution in [0.4, 0.5) is 0 Å². The summed E-state index contributed by atoms with van der Waals surface area (Å²) in [5, 5.41) is 2.59. The van der Waals surface area contributed by atoms with Gasteiger partial charge in [-0.15, -0.1) is 0 Å². The number of halogens is 1. The number of nitrogens with one attached hydrogen (secondary N) is 1. The first-order valence-electron chi connectivity index (χ1n) is 8.47. The summed E-state index contributed by atoms with van der Waals surface area (Å²) < 4.78 is 11.6. The van der Waals surface area contributed by atoms with Crippen LogP contribution in [0.1, 0.15) is 12.5 Å². The van der Waals surface area contributed by atoms with Crippen molar-refractivity contribution in [3.63, 3.8) is 0 Å². The van der Waals surface area contributed by atoms with Crippen LogP contribution in [0.5, 0.6) is 11.5 Å². The molecule has 1 N–H and O–H groups in total. The Morgan fingerprint density at radius 2 is 1.67 bits per heavy atom. The van der Waals surface area contributed by atoms with Crippen LogP contribution in [-0.4, -0.2) is 43.5 Å². The van der Waals surface area contributed by atoms with Crippen LogP contribution in [0, 0.1) is 0 Å². The summed E-state index contributed by atoms with van der Waals surface area (Å²) in [7, 11) is 3.13. The first-order valence-corrected chi connectivity index (χ1v) is 9.26. The summed E-state index contributed by atoms with van der Waals surface area (Å²) in [5.74, 6) is 0.758. The van der Waals surface area contributed by atoms with Gasteiger partial charge in [-0.1, -0.05) is 28.1 Å². The Kier molecular flexibility index (Phi) is 7.67. The molecule has 0 fully saturated rings. The van der Waals surface area contributed by atoms with Gasteiger partial charge in [0.05, 0.1) is 7.11 Å². The van der Waals surface area contributed by atoms with Gasteiger partial charge in [-0.2, -0.15) is 0 Å². The van der Waals surface area contributed by atoms with Crippen molar-refractivity contribution in [3.05, 3.63) is 58.6 Å². The molecule has 2 amide bonds. The zero-order valence-corrected chi connectivity index (χ0v) is 17.2. The Hall–Kier alpha value is -2.54. The minimum absolute atomic E-state index is 0.163. The van der Waals surface area contributed by atoms with Crippen molar-refractivity contribution in [1.29, 1.82) is 0 Å².